The molecule has 0 aliphatic carbocycles. The van der Waals surface area contributed by atoms with E-state index in [4.69, 9.17) is 32.8 Å². The Morgan fingerprint density at radius 3 is 2.52 bits per heavy atom. The minimum Gasteiger partial charge on any atom is -0.463 e. The van der Waals surface area contributed by atoms with Crippen molar-refractivity contribution in [2.45, 2.75) is 39.7 Å². The lowest BCUT2D eigenvalue weighted by atomic mass is 10.1. The van der Waals surface area contributed by atoms with E-state index < -0.39 is 0 Å². The zero-order valence-corrected chi connectivity index (χ0v) is 13.9. The standard InChI is InChI=1S/C15H19Cl2NO3/c1-4-20-18-14(7-8-15(19)21-10(2)3)11-5-6-12(16)13(17)9-11/h5-6,9-10H,4,7-8H2,1-3H3. The number of oxime groups is 1. The molecule has 4 nitrogen and oxygen atoms in total. The number of hydrogen-bond acceptors (Lipinski definition) is 4. The van der Waals surface area contributed by atoms with Gasteiger partial charge in [0.15, 0.2) is 0 Å². The molecular formula is C15H19Cl2NO3. The molecule has 1 rings (SSSR count). The molecule has 0 saturated carbocycles. The molecule has 6 heteroatoms. The Labute approximate surface area is 135 Å². The molecule has 0 fully saturated rings. The number of rotatable bonds is 7. The van der Waals surface area contributed by atoms with Crippen LogP contribution in [0.3, 0.4) is 0 Å². The van der Waals surface area contributed by atoms with Crippen LogP contribution in [0.2, 0.25) is 10.0 Å². The van der Waals surface area contributed by atoms with Crippen molar-refractivity contribution in [2.75, 3.05) is 6.61 Å². The van der Waals surface area contributed by atoms with Crippen LogP contribution in [-0.4, -0.2) is 24.4 Å². The molecule has 0 spiro atoms. The Morgan fingerprint density at radius 1 is 1.24 bits per heavy atom. The highest BCUT2D eigenvalue weighted by molar-refractivity contribution is 6.42. The van der Waals surface area contributed by atoms with E-state index >= 15 is 0 Å². The van der Waals surface area contributed by atoms with Gasteiger partial charge in [0.1, 0.15) is 6.61 Å². The number of esters is 1. The fourth-order valence-corrected chi connectivity index (χ4v) is 1.90. The van der Waals surface area contributed by atoms with Gasteiger partial charge in [-0.05, 0) is 32.9 Å². The molecule has 21 heavy (non-hydrogen) atoms. The second-order valence-electron chi connectivity index (χ2n) is 4.62. The van der Waals surface area contributed by atoms with E-state index in [1.807, 2.05) is 20.8 Å². The minimum atomic E-state index is -0.269. The number of benzene rings is 1. The number of halogens is 2. The Kier molecular flexibility index (Phi) is 7.54. The van der Waals surface area contributed by atoms with Crippen LogP contribution in [0.1, 0.15) is 39.2 Å². The Morgan fingerprint density at radius 2 is 1.95 bits per heavy atom. The summed E-state index contributed by atoms with van der Waals surface area (Å²) in [6, 6.07) is 5.18. The molecule has 0 radical (unpaired) electrons. The molecule has 0 aromatic heterocycles. The Bertz CT molecular complexity index is 516. The number of hydrogen-bond donors (Lipinski definition) is 0. The maximum absolute atomic E-state index is 11.6. The molecule has 0 amide bonds. The van der Waals surface area contributed by atoms with E-state index in [0.717, 1.165) is 5.56 Å². The third-order valence-corrected chi connectivity index (χ3v) is 3.23. The second kappa shape index (κ2) is 8.90. The fourth-order valence-electron chi connectivity index (χ4n) is 1.60. The molecule has 1 aromatic rings. The summed E-state index contributed by atoms with van der Waals surface area (Å²) < 4.78 is 5.10. The van der Waals surface area contributed by atoms with E-state index in [1.165, 1.54) is 0 Å². The third-order valence-electron chi connectivity index (χ3n) is 2.49. The number of nitrogens with zero attached hydrogens (tertiary/aromatic N) is 1. The summed E-state index contributed by atoms with van der Waals surface area (Å²) in [6.07, 6.45) is 0.503. The molecule has 0 atom stereocenters. The van der Waals surface area contributed by atoms with Gasteiger partial charge < -0.3 is 9.57 Å². The average Bonchev–Trinajstić information content (AvgIpc) is 2.41. The van der Waals surface area contributed by atoms with Crippen molar-refractivity contribution in [3.63, 3.8) is 0 Å². The predicted molar refractivity (Wildman–Crippen MR) is 85.1 cm³/mol. The van der Waals surface area contributed by atoms with E-state index in [0.29, 0.717) is 28.8 Å². The van der Waals surface area contributed by atoms with Gasteiger partial charge in [0.25, 0.3) is 0 Å². The lowest BCUT2D eigenvalue weighted by molar-refractivity contribution is -0.147. The van der Waals surface area contributed by atoms with Gasteiger partial charge in [-0.3, -0.25) is 4.79 Å². The maximum atomic E-state index is 11.6. The quantitative estimate of drug-likeness (QED) is 0.421. The van der Waals surface area contributed by atoms with Gasteiger partial charge in [0, 0.05) is 12.0 Å². The minimum absolute atomic E-state index is 0.130. The lowest BCUT2D eigenvalue weighted by Crippen LogP contribution is -2.13. The van der Waals surface area contributed by atoms with Crippen molar-refractivity contribution in [1.29, 1.82) is 0 Å². The average molecular weight is 332 g/mol. The van der Waals surface area contributed by atoms with Crippen LogP contribution >= 0.6 is 23.2 Å². The van der Waals surface area contributed by atoms with Crippen molar-refractivity contribution in [1.82, 2.24) is 0 Å². The summed E-state index contributed by atoms with van der Waals surface area (Å²) in [7, 11) is 0. The van der Waals surface area contributed by atoms with Crippen molar-refractivity contribution in [3.8, 4) is 0 Å². The van der Waals surface area contributed by atoms with Crippen molar-refractivity contribution in [2.24, 2.45) is 5.16 Å². The molecule has 1 aromatic carbocycles. The molecule has 0 saturated heterocycles. The number of ether oxygens (including phenoxy) is 1. The zero-order valence-electron chi connectivity index (χ0n) is 12.4. The van der Waals surface area contributed by atoms with Gasteiger partial charge in [-0.1, -0.05) is 34.4 Å². The maximum Gasteiger partial charge on any atom is 0.306 e. The van der Waals surface area contributed by atoms with Crippen molar-refractivity contribution in [3.05, 3.63) is 33.8 Å². The van der Waals surface area contributed by atoms with E-state index in [2.05, 4.69) is 5.16 Å². The van der Waals surface area contributed by atoms with E-state index in [9.17, 15) is 4.79 Å². The predicted octanol–water partition coefficient (Wildman–Crippen LogP) is 4.47. The first-order chi connectivity index (χ1) is 9.93. The highest BCUT2D eigenvalue weighted by Crippen LogP contribution is 2.23. The van der Waals surface area contributed by atoms with E-state index in [-0.39, 0.29) is 18.5 Å². The van der Waals surface area contributed by atoms with Crippen LogP contribution in [0, 0.1) is 0 Å². The van der Waals surface area contributed by atoms with Crippen LogP contribution in [0.4, 0.5) is 0 Å². The first-order valence-electron chi connectivity index (χ1n) is 6.77. The third kappa shape index (κ3) is 6.36. The molecule has 0 aliphatic heterocycles. The van der Waals surface area contributed by atoms with Crippen LogP contribution in [0.5, 0.6) is 0 Å². The highest BCUT2D eigenvalue weighted by Gasteiger charge is 2.12. The van der Waals surface area contributed by atoms with Crippen molar-refractivity contribution < 1.29 is 14.4 Å². The topological polar surface area (TPSA) is 47.9 Å². The van der Waals surface area contributed by atoms with Gasteiger partial charge in [-0.25, -0.2) is 0 Å². The molecule has 0 unspecified atom stereocenters. The van der Waals surface area contributed by atoms with Crippen molar-refractivity contribution >= 4 is 34.9 Å². The van der Waals surface area contributed by atoms with Gasteiger partial charge in [-0.15, -0.1) is 0 Å². The molecule has 0 heterocycles. The summed E-state index contributed by atoms with van der Waals surface area (Å²) >= 11 is 11.9. The molecular weight excluding hydrogens is 313 g/mol. The number of carbonyl (C=O) groups excluding carboxylic acids is 1. The first-order valence-corrected chi connectivity index (χ1v) is 7.53. The molecule has 0 aliphatic rings. The SMILES string of the molecule is CCON=C(CCC(=O)OC(C)C)c1ccc(Cl)c(Cl)c1. The summed E-state index contributed by atoms with van der Waals surface area (Å²) in [6.45, 7) is 5.91. The van der Waals surface area contributed by atoms with Crippen LogP contribution < -0.4 is 0 Å². The van der Waals surface area contributed by atoms with Gasteiger partial charge in [-0.2, -0.15) is 0 Å². The molecule has 0 bridgehead atoms. The van der Waals surface area contributed by atoms with Gasteiger partial charge in [0.2, 0.25) is 0 Å². The summed E-state index contributed by atoms with van der Waals surface area (Å²) in [5.41, 5.74) is 1.41. The van der Waals surface area contributed by atoms with Gasteiger partial charge >= 0.3 is 5.97 Å². The fraction of sp³-hybridized carbons (Fsp3) is 0.467. The van der Waals surface area contributed by atoms with Crippen LogP contribution in [-0.2, 0) is 14.4 Å². The molecule has 0 N–H and O–H groups in total. The monoisotopic (exact) mass is 331 g/mol. The Hall–Kier alpha value is -1.26. The largest absolute Gasteiger partial charge is 0.463 e. The lowest BCUT2D eigenvalue weighted by Gasteiger charge is -2.10. The molecule has 116 valence electrons. The zero-order chi connectivity index (χ0) is 15.8. The normalized spacial score (nSPS) is 11.6. The van der Waals surface area contributed by atoms with E-state index in [1.54, 1.807) is 18.2 Å². The Balaban J connectivity index is 2.81. The van der Waals surface area contributed by atoms with Crippen LogP contribution in [0.25, 0.3) is 0 Å². The summed E-state index contributed by atoms with van der Waals surface area (Å²) in [5, 5.41) is 4.94. The summed E-state index contributed by atoms with van der Waals surface area (Å²) in [4.78, 5) is 16.7. The van der Waals surface area contributed by atoms with Crippen LogP contribution in [0.15, 0.2) is 23.4 Å². The van der Waals surface area contributed by atoms with Gasteiger partial charge in [0.05, 0.1) is 28.3 Å². The smallest absolute Gasteiger partial charge is 0.306 e. The number of carbonyl (C=O) groups is 1. The summed E-state index contributed by atoms with van der Waals surface area (Å²) in [5.74, 6) is -0.269. The highest BCUT2D eigenvalue weighted by atomic mass is 35.5. The first kappa shape index (κ1) is 17.8. The second-order valence-corrected chi connectivity index (χ2v) is 5.44.